The Hall–Kier alpha value is -0.780. The molecule has 0 radical (unpaired) electrons. The van der Waals surface area contributed by atoms with Crippen LogP contribution in [0.15, 0.2) is 6.07 Å². The van der Waals surface area contributed by atoms with Crippen LogP contribution in [0.2, 0.25) is 0 Å². The highest BCUT2D eigenvalue weighted by Gasteiger charge is 2.29. The molecule has 2 unspecified atom stereocenters. The Kier molecular flexibility index (Phi) is 7.55. The highest BCUT2D eigenvalue weighted by Crippen LogP contribution is 2.31. The Bertz CT molecular complexity index is 446. The molecule has 1 heterocycles. The first-order chi connectivity index (χ1) is 8.49. The van der Waals surface area contributed by atoms with Crippen LogP contribution in [0, 0.1) is 19.8 Å². The van der Waals surface area contributed by atoms with Gasteiger partial charge in [-0.05, 0) is 45.6 Å². The SMILES string of the molecule is Cc1cc(C)n(C(C)C(=O)NCC(N)C2CC2)n1.Cl.Cl. The molecule has 1 saturated carbocycles. The molecule has 1 aliphatic carbocycles. The fourth-order valence-corrected chi connectivity index (χ4v) is 2.21. The van der Waals surface area contributed by atoms with E-state index < -0.39 is 0 Å². The molecule has 20 heavy (non-hydrogen) atoms. The standard InChI is InChI=1S/C13H22N4O.2ClH/c1-8-6-9(2)17(16-8)10(3)13(18)15-7-12(14)11-4-5-11;;/h6,10-12H,4-5,7,14H2,1-3H3,(H,15,18);2*1H. The summed E-state index contributed by atoms with van der Waals surface area (Å²) in [6, 6.07) is 1.78. The molecule has 1 aliphatic rings. The highest BCUT2D eigenvalue weighted by atomic mass is 35.5. The van der Waals surface area contributed by atoms with Crippen molar-refractivity contribution >= 4 is 30.7 Å². The molecule has 7 heteroatoms. The van der Waals surface area contributed by atoms with E-state index in [4.69, 9.17) is 5.73 Å². The monoisotopic (exact) mass is 322 g/mol. The smallest absolute Gasteiger partial charge is 0.244 e. The van der Waals surface area contributed by atoms with Crippen LogP contribution in [0.25, 0.3) is 0 Å². The molecule has 0 aliphatic heterocycles. The molecule has 0 bridgehead atoms. The van der Waals surface area contributed by atoms with Gasteiger partial charge in [-0.25, -0.2) is 0 Å². The lowest BCUT2D eigenvalue weighted by molar-refractivity contribution is -0.124. The molecule has 0 saturated heterocycles. The van der Waals surface area contributed by atoms with E-state index in [1.807, 2.05) is 26.8 Å². The van der Waals surface area contributed by atoms with E-state index in [1.165, 1.54) is 12.8 Å². The number of nitrogens with two attached hydrogens (primary N) is 1. The predicted molar refractivity (Wildman–Crippen MR) is 84.6 cm³/mol. The number of aryl methyl sites for hydroxylation is 2. The average molecular weight is 323 g/mol. The zero-order valence-electron chi connectivity index (χ0n) is 12.1. The summed E-state index contributed by atoms with van der Waals surface area (Å²) in [4.78, 5) is 12.0. The summed E-state index contributed by atoms with van der Waals surface area (Å²) in [5, 5.41) is 7.24. The van der Waals surface area contributed by atoms with Gasteiger partial charge in [-0.2, -0.15) is 5.10 Å². The van der Waals surface area contributed by atoms with Crippen LogP contribution in [0.5, 0.6) is 0 Å². The van der Waals surface area contributed by atoms with E-state index in [-0.39, 0.29) is 42.8 Å². The highest BCUT2D eigenvalue weighted by molar-refractivity contribution is 5.85. The van der Waals surface area contributed by atoms with Gasteiger partial charge in [0.1, 0.15) is 6.04 Å². The Morgan fingerprint density at radius 1 is 1.50 bits per heavy atom. The van der Waals surface area contributed by atoms with E-state index in [0.717, 1.165) is 11.4 Å². The summed E-state index contributed by atoms with van der Waals surface area (Å²) >= 11 is 0. The van der Waals surface area contributed by atoms with Gasteiger partial charge in [0, 0.05) is 18.3 Å². The summed E-state index contributed by atoms with van der Waals surface area (Å²) in [7, 11) is 0. The number of halogens is 2. The lowest BCUT2D eigenvalue weighted by Gasteiger charge is -2.16. The lowest BCUT2D eigenvalue weighted by atomic mass is 10.2. The van der Waals surface area contributed by atoms with Gasteiger partial charge in [-0.1, -0.05) is 0 Å². The number of nitrogens with one attached hydrogen (secondary N) is 1. The van der Waals surface area contributed by atoms with Crippen molar-refractivity contribution in [2.75, 3.05) is 6.54 Å². The number of rotatable bonds is 5. The van der Waals surface area contributed by atoms with Gasteiger partial charge >= 0.3 is 0 Å². The first-order valence-corrected chi connectivity index (χ1v) is 6.55. The van der Waals surface area contributed by atoms with Gasteiger partial charge in [0.2, 0.25) is 5.91 Å². The molecule has 0 aromatic carbocycles. The number of hydrogen-bond donors (Lipinski definition) is 2. The maximum Gasteiger partial charge on any atom is 0.244 e. The fourth-order valence-electron chi connectivity index (χ4n) is 2.21. The van der Waals surface area contributed by atoms with Crippen LogP contribution in [0.3, 0.4) is 0 Å². The normalized spacial score (nSPS) is 16.6. The molecule has 0 spiro atoms. The van der Waals surface area contributed by atoms with Gasteiger partial charge in [0.15, 0.2) is 0 Å². The summed E-state index contributed by atoms with van der Waals surface area (Å²) in [6.45, 7) is 6.31. The molecule has 1 aromatic heterocycles. The van der Waals surface area contributed by atoms with Crippen LogP contribution in [0.4, 0.5) is 0 Å². The van der Waals surface area contributed by atoms with Crippen molar-refractivity contribution in [2.45, 2.75) is 45.7 Å². The van der Waals surface area contributed by atoms with E-state index >= 15 is 0 Å². The number of carbonyl (C=O) groups is 1. The maximum atomic E-state index is 12.0. The van der Waals surface area contributed by atoms with Gasteiger partial charge in [-0.15, -0.1) is 24.8 Å². The summed E-state index contributed by atoms with van der Waals surface area (Å²) in [6.07, 6.45) is 2.40. The van der Waals surface area contributed by atoms with E-state index in [1.54, 1.807) is 4.68 Å². The molecule has 1 amide bonds. The van der Waals surface area contributed by atoms with Crippen molar-refractivity contribution in [3.8, 4) is 0 Å². The molecule has 2 rings (SSSR count). The topological polar surface area (TPSA) is 72.9 Å². The molecular weight excluding hydrogens is 299 g/mol. The van der Waals surface area contributed by atoms with Crippen molar-refractivity contribution in [1.82, 2.24) is 15.1 Å². The third-order valence-corrected chi connectivity index (χ3v) is 3.53. The third kappa shape index (κ3) is 4.65. The number of amides is 1. The number of aromatic nitrogens is 2. The Balaban J connectivity index is 0.00000180. The van der Waals surface area contributed by atoms with E-state index in [9.17, 15) is 4.79 Å². The second kappa shape index (κ2) is 7.86. The van der Waals surface area contributed by atoms with Crippen LogP contribution in [-0.2, 0) is 4.79 Å². The first-order valence-electron chi connectivity index (χ1n) is 6.55. The fraction of sp³-hybridized carbons (Fsp3) is 0.692. The van der Waals surface area contributed by atoms with Gasteiger partial charge in [0.25, 0.3) is 0 Å². The molecule has 3 N–H and O–H groups in total. The molecule has 1 aromatic rings. The Labute approximate surface area is 132 Å². The predicted octanol–water partition coefficient (Wildman–Crippen LogP) is 1.76. The van der Waals surface area contributed by atoms with Crippen LogP contribution in [-0.4, -0.2) is 28.3 Å². The number of nitrogens with zero attached hydrogens (tertiary/aromatic N) is 2. The van der Waals surface area contributed by atoms with Crippen molar-refractivity contribution < 1.29 is 4.79 Å². The zero-order chi connectivity index (χ0) is 13.3. The van der Waals surface area contributed by atoms with E-state index in [2.05, 4.69) is 10.4 Å². The minimum Gasteiger partial charge on any atom is -0.353 e. The van der Waals surface area contributed by atoms with Gasteiger partial charge in [0.05, 0.1) is 5.69 Å². The summed E-state index contributed by atoms with van der Waals surface area (Å²) in [5.41, 5.74) is 7.90. The average Bonchev–Trinajstić information content (AvgIpc) is 3.11. The van der Waals surface area contributed by atoms with Gasteiger partial charge in [-0.3, -0.25) is 9.48 Å². The molecule has 5 nitrogen and oxygen atoms in total. The maximum absolute atomic E-state index is 12.0. The van der Waals surface area contributed by atoms with Gasteiger partial charge < -0.3 is 11.1 Å². The van der Waals surface area contributed by atoms with Crippen molar-refractivity contribution in [2.24, 2.45) is 11.7 Å². The van der Waals surface area contributed by atoms with E-state index in [0.29, 0.717) is 12.5 Å². The third-order valence-electron chi connectivity index (χ3n) is 3.53. The first kappa shape index (κ1) is 19.2. The number of carbonyl (C=O) groups excluding carboxylic acids is 1. The Morgan fingerprint density at radius 3 is 2.55 bits per heavy atom. The molecule has 116 valence electrons. The van der Waals surface area contributed by atoms with Crippen molar-refractivity contribution in [3.63, 3.8) is 0 Å². The van der Waals surface area contributed by atoms with Crippen molar-refractivity contribution in [3.05, 3.63) is 17.5 Å². The zero-order valence-corrected chi connectivity index (χ0v) is 13.8. The second-order valence-electron chi connectivity index (χ2n) is 5.29. The molecule has 1 fully saturated rings. The lowest BCUT2D eigenvalue weighted by Crippen LogP contribution is -2.41. The second-order valence-corrected chi connectivity index (χ2v) is 5.29. The van der Waals surface area contributed by atoms with Crippen LogP contribution >= 0.6 is 24.8 Å². The molecular formula is C13H24Cl2N4O. The Morgan fingerprint density at radius 2 is 2.10 bits per heavy atom. The van der Waals surface area contributed by atoms with Crippen LogP contribution in [0.1, 0.15) is 37.2 Å². The van der Waals surface area contributed by atoms with Crippen molar-refractivity contribution in [1.29, 1.82) is 0 Å². The summed E-state index contributed by atoms with van der Waals surface area (Å²) in [5.74, 6) is 0.589. The quantitative estimate of drug-likeness (QED) is 0.867. The largest absolute Gasteiger partial charge is 0.353 e. The number of hydrogen-bond acceptors (Lipinski definition) is 3. The minimum absolute atomic E-state index is 0. The molecule has 2 atom stereocenters. The summed E-state index contributed by atoms with van der Waals surface area (Å²) < 4.78 is 1.76. The van der Waals surface area contributed by atoms with Crippen LogP contribution < -0.4 is 11.1 Å². The minimum atomic E-state index is -0.287.